The van der Waals surface area contributed by atoms with Crippen LogP contribution >= 0.6 is 0 Å². The van der Waals surface area contributed by atoms with E-state index in [1.165, 1.54) is 13.8 Å². The van der Waals surface area contributed by atoms with Crippen molar-refractivity contribution in [3.63, 3.8) is 0 Å². The van der Waals surface area contributed by atoms with Crippen molar-refractivity contribution in [3.05, 3.63) is 0 Å². The summed E-state index contributed by atoms with van der Waals surface area (Å²) in [7, 11) is 0. The Hall–Kier alpha value is -1.19. The van der Waals surface area contributed by atoms with E-state index < -0.39 is 6.04 Å². The third-order valence-electron chi connectivity index (χ3n) is 1.05. The van der Waals surface area contributed by atoms with Crippen molar-refractivity contribution in [1.82, 2.24) is 5.32 Å². The molecule has 0 atom stereocenters. The fourth-order valence-electron chi connectivity index (χ4n) is 0.589. The van der Waals surface area contributed by atoms with Gasteiger partial charge in [0, 0.05) is 0 Å². The molecule has 0 spiro atoms. The number of carbonyl (C=O) groups excluding carboxylic acids is 3. The third kappa shape index (κ3) is 2.39. The smallest absolute Gasteiger partial charge is 0.208 e. The molecule has 0 unspecified atom stereocenters. The fraction of sp³-hybridized carbons (Fsp3) is 0.500. The molecule has 0 aliphatic heterocycles. The molecule has 0 aliphatic carbocycles. The van der Waals surface area contributed by atoms with Gasteiger partial charge < -0.3 is 5.32 Å². The topological polar surface area (TPSA) is 63.2 Å². The van der Waals surface area contributed by atoms with Crippen LogP contribution in [0.5, 0.6) is 0 Å². The Kier molecular flexibility index (Phi) is 3.32. The average molecular weight is 143 g/mol. The van der Waals surface area contributed by atoms with Crippen molar-refractivity contribution in [1.29, 1.82) is 0 Å². The number of hydrogen-bond acceptors (Lipinski definition) is 3. The van der Waals surface area contributed by atoms with E-state index in [1.807, 2.05) is 0 Å². The number of hydrogen-bond donors (Lipinski definition) is 1. The standard InChI is InChI=1S/C6H9NO3/c1-4(9)6(5(2)10)7-3-8/h3,6H,1-2H3,(H,7,8). The first kappa shape index (κ1) is 8.81. The third-order valence-corrected chi connectivity index (χ3v) is 1.05. The van der Waals surface area contributed by atoms with Gasteiger partial charge in [0.05, 0.1) is 0 Å². The predicted molar refractivity (Wildman–Crippen MR) is 34.3 cm³/mol. The van der Waals surface area contributed by atoms with Crippen molar-refractivity contribution in [3.8, 4) is 0 Å². The maximum absolute atomic E-state index is 10.5. The van der Waals surface area contributed by atoms with Gasteiger partial charge in [0.2, 0.25) is 6.41 Å². The van der Waals surface area contributed by atoms with Crippen LogP contribution in [0, 0.1) is 0 Å². The second kappa shape index (κ2) is 3.76. The van der Waals surface area contributed by atoms with Crippen LogP contribution in [0.15, 0.2) is 0 Å². The van der Waals surface area contributed by atoms with Gasteiger partial charge in [-0.25, -0.2) is 0 Å². The van der Waals surface area contributed by atoms with Gasteiger partial charge in [-0.05, 0) is 13.8 Å². The summed E-state index contributed by atoms with van der Waals surface area (Å²) in [5.74, 6) is -0.695. The van der Waals surface area contributed by atoms with Crippen molar-refractivity contribution in [2.75, 3.05) is 0 Å². The highest BCUT2D eigenvalue weighted by molar-refractivity contribution is 6.05. The van der Waals surface area contributed by atoms with Crippen LogP contribution in [0.25, 0.3) is 0 Å². The van der Waals surface area contributed by atoms with E-state index in [1.54, 1.807) is 0 Å². The van der Waals surface area contributed by atoms with E-state index in [9.17, 15) is 14.4 Å². The van der Waals surface area contributed by atoms with Crippen LogP contribution in [0.3, 0.4) is 0 Å². The van der Waals surface area contributed by atoms with Gasteiger partial charge >= 0.3 is 0 Å². The zero-order valence-corrected chi connectivity index (χ0v) is 5.88. The summed E-state index contributed by atoms with van der Waals surface area (Å²) < 4.78 is 0. The molecular formula is C6H9NO3. The number of amides is 1. The largest absolute Gasteiger partial charge is 0.342 e. The lowest BCUT2D eigenvalue weighted by molar-refractivity contribution is -0.130. The van der Waals surface area contributed by atoms with E-state index in [-0.39, 0.29) is 11.6 Å². The Morgan fingerprint density at radius 2 is 1.70 bits per heavy atom. The fourth-order valence-corrected chi connectivity index (χ4v) is 0.589. The molecule has 0 bridgehead atoms. The summed E-state index contributed by atoms with van der Waals surface area (Å²) >= 11 is 0. The zero-order valence-electron chi connectivity index (χ0n) is 5.88. The van der Waals surface area contributed by atoms with E-state index in [2.05, 4.69) is 5.32 Å². The zero-order chi connectivity index (χ0) is 8.15. The second-order valence-corrected chi connectivity index (χ2v) is 1.94. The van der Waals surface area contributed by atoms with Gasteiger partial charge in [0.15, 0.2) is 11.6 Å². The van der Waals surface area contributed by atoms with E-state index in [0.717, 1.165) is 0 Å². The molecule has 0 saturated carbocycles. The summed E-state index contributed by atoms with van der Waals surface area (Å²) in [6.07, 6.45) is 0.341. The van der Waals surface area contributed by atoms with Crippen LogP contribution in [-0.4, -0.2) is 24.0 Å². The number of nitrogens with one attached hydrogen (secondary N) is 1. The van der Waals surface area contributed by atoms with Gasteiger partial charge in [-0.3, -0.25) is 14.4 Å². The molecule has 4 nitrogen and oxygen atoms in total. The van der Waals surface area contributed by atoms with Crippen LogP contribution < -0.4 is 5.32 Å². The van der Waals surface area contributed by atoms with Gasteiger partial charge in [0.1, 0.15) is 6.04 Å². The molecule has 0 aromatic carbocycles. The molecule has 0 aromatic rings. The lowest BCUT2D eigenvalue weighted by atomic mass is 10.1. The van der Waals surface area contributed by atoms with Gasteiger partial charge in [-0.1, -0.05) is 0 Å². The number of rotatable bonds is 4. The Morgan fingerprint density at radius 1 is 1.30 bits per heavy atom. The second-order valence-electron chi connectivity index (χ2n) is 1.94. The van der Waals surface area contributed by atoms with Crippen LogP contribution in [0.1, 0.15) is 13.8 Å². The number of carbonyl (C=O) groups is 3. The Morgan fingerprint density at radius 3 is 1.80 bits per heavy atom. The quantitative estimate of drug-likeness (QED) is 0.417. The van der Waals surface area contributed by atoms with Crippen molar-refractivity contribution < 1.29 is 14.4 Å². The molecule has 0 saturated heterocycles. The highest BCUT2D eigenvalue weighted by atomic mass is 16.2. The van der Waals surface area contributed by atoms with E-state index in [4.69, 9.17) is 0 Å². The monoisotopic (exact) mass is 143 g/mol. The molecule has 4 heteroatoms. The first-order valence-corrected chi connectivity index (χ1v) is 2.80. The van der Waals surface area contributed by atoms with Gasteiger partial charge in [0.25, 0.3) is 0 Å². The molecule has 0 radical (unpaired) electrons. The average Bonchev–Trinajstić information content (AvgIpc) is 1.81. The Labute approximate surface area is 58.6 Å². The Balaban J connectivity index is 4.11. The summed E-state index contributed by atoms with van der Waals surface area (Å²) in [6.45, 7) is 2.51. The molecule has 0 aliphatic rings. The predicted octanol–water partition coefficient (Wildman–Crippen LogP) is -0.721. The summed E-state index contributed by atoms with van der Waals surface area (Å²) in [5.41, 5.74) is 0. The maximum Gasteiger partial charge on any atom is 0.208 e. The van der Waals surface area contributed by atoms with Crippen LogP contribution in [0.4, 0.5) is 0 Å². The minimum atomic E-state index is -0.961. The highest BCUT2D eigenvalue weighted by Crippen LogP contribution is 1.85. The van der Waals surface area contributed by atoms with Gasteiger partial charge in [-0.15, -0.1) is 0 Å². The molecule has 0 rings (SSSR count). The van der Waals surface area contributed by atoms with Gasteiger partial charge in [-0.2, -0.15) is 0 Å². The number of Topliss-reactive ketones (excluding diaryl/α,β-unsaturated/α-hetero) is 2. The molecular weight excluding hydrogens is 134 g/mol. The van der Waals surface area contributed by atoms with Crippen molar-refractivity contribution in [2.45, 2.75) is 19.9 Å². The summed E-state index contributed by atoms with van der Waals surface area (Å²) in [6, 6.07) is -0.961. The maximum atomic E-state index is 10.5. The van der Waals surface area contributed by atoms with E-state index in [0.29, 0.717) is 6.41 Å². The van der Waals surface area contributed by atoms with Crippen LogP contribution in [0.2, 0.25) is 0 Å². The number of ketones is 2. The first-order chi connectivity index (χ1) is 4.59. The summed E-state index contributed by atoms with van der Waals surface area (Å²) in [5, 5.41) is 2.10. The van der Waals surface area contributed by atoms with Crippen LogP contribution in [-0.2, 0) is 14.4 Å². The Bertz CT molecular complexity index is 150. The highest BCUT2D eigenvalue weighted by Gasteiger charge is 2.16. The molecule has 10 heavy (non-hydrogen) atoms. The van der Waals surface area contributed by atoms with Crippen molar-refractivity contribution >= 4 is 18.0 Å². The lowest BCUT2D eigenvalue weighted by Gasteiger charge is -2.06. The minimum Gasteiger partial charge on any atom is -0.342 e. The first-order valence-electron chi connectivity index (χ1n) is 2.80. The summed E-state index contributed by atoms with van der Waals surface area (Å²) in [4.78, 5) is 30.9. The minimum absolute atomic E-state index is 0.341. The SMILES string of the molecule is CC(=O)C(NC=O)C(C)=O. The molecule has 0 aromatic heterocycles. The van der Waals surface area contributed by atoms with E-state index >= 15 is 0 Å². The molecule has 0 fully saturated rings. The molecule has 0 heterocycles. The lowest BCUT2D eigenvalue weighted by Crippen LogP contribution is -2.40. The molecule has 1 amide bonds. The van der Waals surface area contributed by atoms with Crippen molar-refractivity contribution in [2.24, 2.45) is 0 Å². The molecule has 56 valence electrons. The normalized spacial score (nSPS) is 9.10. The molecule has 1 N–H and O–H groups in total.